The molecular formula is C36H42F2O2. The Morgan fingerprint density at radius 1 is 0.700 bits per heavy atom. The molecular weight excluding hydrogens is 502 g/mol. The molecule has 0 aromatic heterocycles. The Kier molecular flexibility index (Phi) is 9.34. The molecule has 0 amide bonds. The molecule has 2 nitrogen and oxygen atoms in total. The van der Waals surface area contributed by atoms with E-state index in [1.165, 1.54) is 93.9 Å². The zero-order chi connectivity index (χ0) is 28.1. The SMILES string of the molecule is CCC[C@H]1CC[C@H](c2ccc(C(=O)Oc3ccc(-c4ccc([C@H]5CC[C@H](CC)CC5)cc4)c(F)c3F)cc2)CC1. The van der Waals surface area contributed by atoms with Crippen molar-refractivity contribution >= 4 is 5.97 Å². The third-order valence-corrected chi connectivity index (χ3v) is 9.53. The quantitative estimate of drug-likeness (QED) is 0.208. The maximum atomic E-state index is 15.1. The number of carbonyl (C=O) groups excluding carboxylic acids is 1. The van der Waals surface area contributed by atoms with Crippen LogP contribution in [0.15, 0.2) is 60.7 Å². The van der Waals surface area contributed by atoms with Gasteiger partial charge >= 0.3 is 5.97 Å². The molecule has 2 fully saturated rings. The highest BCUT2D eigenvalue weighted by molar-refractivity contribution is 5.91. The molecule has 3 aromatic rings. The highest BCUT2D eigenvalue weighted by Gasteiger charge is 2.24. The molecule has 0 aliphatic heterocycles. The molecule has 0 spiro atoms. The third kappa shape index (κ3) is 6.48. The topological polar surface area (TPSA) is 26.3 Å². The standard InChI is InChI=1S/C36H42F2O2/c1-3-5-25-8-12-27(13-9-25)29-16-20-31(21-17-29)36(39)40-33-23-22-32(34(37)35(33)38)30-18-14-28(15-19-30)26-10-6-24(4-2)7-11-26/h14-27H,3-13H2,1-2H3/t24-,25-,26-,27-. The number of esters is 1. The Balaban J connectivity index is 1.21. The maximum Gasteiger partial charge on any atom is 0.343 e. The summed E-state index contributed by atoms with van der Waals surface area (Å²) in [6.07, 6.45) is 13.5. The van der Waals surface area contributed by atoms with Gasteiger partial charge in [-0.3, -0.25) is 0 Å². The predicted octanol–water partition coefficient (Wildman–Crippen LogP) is 10.6. The van der Waals surface area contributed by atoms with Crippen molar-refractivity contribution in [3.05, 3.63) is 89.0 Å². The third-order valence-electron chi connectivity index (χ3n) is 9.53. The van der Waals surface area contributed by atoms with Gasteiger partial charge in [0.1, 0.15) is 0 Å². The minimum absolute atomic E-state index is 0.163. The fourth-order valence-corrected chi connectivity index (χ4v) is 6.92. The number of ether oxygens (including phenoxy) is 1. The molecule has 40 heavy (non-hydrogen) atoms. The van der Waals surface area contributed by atoms with Gasteiger partial charge in [-0.15, -0.1) is 0 Å². The number of benzene rings is 3. The smallest absolute Gasteiger partial charge is 0.343 e. The summed E-state index contributed by atoms with van der Waals surface area (Å²) in [5.74, 6) is -0.506. The van der Waals surface area contributed by atoms with Gasteiger partial charge in [-0.2, -0.15) is 4.39 Å². The van der Waals surface area contributed by atoms with E-state index in [1.807, 2.05) is 36.4 Å². The van der Waals surface area contributed by atoms with E-state index >= 15 is 8.78 Å². The predicted molar refractivity (Wildman–Crippen MR) is 158 cm³/mol. The Labute approximate surface area is 238 Å². The van der Waals surface area contributed by atoms with Crippen molar-refractivity contribution in [1.29, 1.82) is 0 Å². The van der Waals surface area contributed by atoms with Gasteiger partial charge < -0.3 is 4.74 Å². The molecule has 5 rings (SSSR count). The molecule has 0 heterocycles. The Hall–Kier alpha value is -3.01. The van der Waals surface area contributed by atoms with E-state index in [2.05, 4.69) is 13.8 Å². The summed E-state index contributed by atoms with van der Waals surface area (Å²) in [4.78, 5) is 12.8. The summed E-state index contributed by atoms with van der Waals surface area (Å²) in [5, 5.41) is 0. The van der Waals surface area contributed by atoms with Crippen molar-refractivity contribution in [2.75, 3.05) is 0 Å². The number of carbonyl (C=O) groups is 1. The first-order valence-electron chi connectivity index (χ1n) is 15.4. The van der Waals surface area contributed by atoms with Gasteiger partial charge in [0.25, 0.3) is 0 Å². The number of rotatable bonds is 8. The second kappa shape index (κ2) is 13.1. The first-order chi connectivity index (χ1) is 19.5. The first-order valence-corrected chi connectivity index (χ1v) is 15.4. The Morgan fingerprint density at radius 2 is 1.25 bits per heavy atom. The van der Waals surface area contributed by atoms with Crippen LogP contribution in [0.25, 0.3) is 11.1 Å². The van der Waals surface area contributed by atoms with Crippen LogP contribution < -0.4 is 4.74 Å². The largest absolute Gasteiger partial charge is 0.420 e. The van der Waals surface area contributed by atoms with Crippen LogP contribution in [-0.4, -0.2) is 5.97 Å². The second-order valence-corrected chi connectivity index (χ2v) is 12.0. The molecule has 0 bridgehead atoms. The van der Waals surface area contributed by atoms with Crippen LogP contribution in [0, 0.1) is 23.5 Å². The van der Waals surface area contributed by atoms with Crippen molar-refractivity contribution < 1.29 is 18.3 Å². The Bertz CT molecular complexity index is 1270. The monoisotopic (exact) mass is 544 g/mol. The summed E-state index contributed by atoms with van der Waals surface area (Å²) < 4.78 is 35.4. The number of halogens is 2. The van der Waals surface area contributed by atoms with Crippen LogP contribution in [0.3, 0.4) is 0 Å². The molecule has 0 unspecified atom stereocenters. The van der Waals surface area contributed by atoms with E-state index in [1.54, 1.807) is 12.1 Å². The van der Waals surface area contributed by atoms with E-state index in [9.17, 15) is 4.79 Å². The van der Waals surface area contributed by atoms with E-state index in [4.69, 9.17) is 4.74 Å². The van der Waals surface area contributed by atoms with Crippen LogP contribution >= 0.6 is 0 Å². The highest BCUT2D eigenvalue weighted by atomic mass is 19.2. The summed E-state index contributed by atoms with van der Waals surface area (Å²) in [6.45, 7) is 4.51. The summed E-state index contributed by atoms with van der Waals surface area (Å²) in [5.41, 5.74) is 3.60. The van der Waals surface area contributed by atoms with Gasteiger partial charge in [-0.25, -0.2) is 9.18 Å². The molecule has 2 aliphatic rings. The minimum atomic E-state index is -1.15. The van der Waals surface area contributed by atoms with Crippen molar-refractivity contribution in [3.8, 4) is 16.9 Å². The van der Waals surface area contributed by atoms with Gasteiger partial charge in [-0.1, -0.05) is 69.5 Å². The highest BCUT2D eigenvalue weighted by Crippen LogP contribution is 2.39. The van der Waals surface area contributed by atoms with Crippen LogP contribution in [0.4, 0.5) is 8.78 Å². The maximum absolute atomic E-state index is 15.1. The molecule has 4 heteroatoms. The lowest BCUT2D eigenvalue weighted by Crippen LogP contribution is -2.14. The molecule has 0 atom stereocenters. The van der Waals surface area contributed by atoms with Crippen molar-refractivity contribution in [2.24, 2.45) is 11.8 Å². The van der Waals surface area contributed by atoms with E-state index in [0.29, 0.717) is 23.0 Å². The number of hydrogen-bond donors (Lipinski definition) is 0. The van der Waals surface area contributed by atoms with Gasteiger partial charge in [0.05, 0.1) is 5.56 Å². The van der Waals surface area contributed by atoms with Crippen molar-refractivity contribution in [1.82, 2.24) is 0 Å². The Morgan fingerprint density at radius 3 is 1.80 bits per heavy atom. The normalized spacial score (nSPS) is 23.1. The van der Waals surface area contributed by atoms with Crippen LogP contribution in [0.1, 0.15) is 118 Å². The average molecular weight is 545 g/mol. The lowest BCUT2D eigenvalue weighted by atomic mass is 9.77. The van der Waals surface area contributed by atoms with Gasteiger partial charge in [0, 0.05) is 5.56 Å². The zero-order valence-electron chi connectivity index (χ0n) is 23.9. The fourth-order valence-electron chi connectivity index (χ4n) is 6.92. The van der Waals surface area contributed by atoms with E-state index in [0.717, 1.165) is 11.8 Å². The van der Waals surface area contributed by atoms with E-state index < -0.39 is 23.4 Å². The molecule has 0 N–H and O–H groups in total. The number of hydrogen-bond acceptors (Lipinski definition) is 2. The molecule has 0 radical (unpaired) electrons. The average Bonchev–Trinajstić information content (AvgIpc) is 3.00. The minimum Gasteiger partial charge on any atom is -0.420 e. The molecule has 0 saturated heterocycles. The fraction of sp³-hybridized carbons (Fsp3) is 0.472. The zero-order valence-corrected chi connectivity index (χ0v) is 23.9. The van der Waals surface area contributed by atoms with E-state index in [-0.39, 0.29) is 5.56 Å². The molecule has 2 aliphatic carbocycles. The van der Waals surface area contributed by atoms with Gasteiger partial charge in [0.2, 0.25) is 5.82 Å². The van der Waals surface area contributed by atoms with Crippen molar-refractivity contribution in [2.45, 2.75) is 96.3 Å². The molecule has 212 valence electrons. The second-order valence-electron chi connectivity index (χ2n) is 12.0. The van der Waals surface area contributed by atoms with Gasteiger partial charge in [-0.05, 0) is 116 Å². The molecule has 3 aromatic carbocycles. The van der Waals surface area contributed by atoms with Crippen LogP contribution in [-0.2, 0) is 0 Å². The lowest BCUT2D eigenvalue weighted by Gasteiger charge is -2.28. The summed E-state index contributed by atoms with van der Waals surface area (Å²) >= 11 is 0. The van der Waals surface area contributed by atoms with Crippen molar-refractivity contribution in [3.63, 3.8) is 0 Å². The van der Waals surface area contributed by atoms with Crippen LogP contribution in [0.5, 0.6) is 5.75 Å². The lowest BCUT2D eigenvalue weighted by molar-refractivity contribution is 0.0726. The summed E-state index contributed by atoms with van der Waals surface area (Å²) in [7, 11) is 0. The first kappa shape index (κ1) is 28.5. The van der Waals surface area contributed by atoms with Gasteiger partial charge in [0.15, 0.2) is 11.6 Å². The molecule has 2 saturated carbocycles. The summed E-state index contributed by atoms with van der Waals surface area (Å²) in [6, 6.07) is 18.0. The van der Waals surface area contributed by atoms with Crippen LogP contribution in [0.2, 0.25) is 0 Å².